The van der Waals surface area contributed by atoms with Gasteiger partial charge in [-0.2, -0.15) is 0 Å². The number of benzene rings is 1. The third kappa shape index (κ3) is 4.37. The fourth-order valence-corrected chi connectivity index (χ4v) is 6.62. The van der Waals surface area contributed by atoms with Crippen molar-refractivity contribution >= 4 is 32.6 Å². The van der Waals surface area contributed by atoms with Crippen LogP contribution in [0.2, 0.25) is 0 Å². The second kappa shape index (κ2) is 8.81. The molecule has 1 aromatic heterocycles. The van der Waals surface area contributed by atoms with E-state index >= 15 is 0 Å². The van der Waals surface area contributed by atoms with Crippen molar-refractivity contribution < 1.29 is 22.7 Å². The molecule has 2 aliphatic rings. The Morgan fingerprint density at radius 3 is 2.69 bits per heavy atom. The van der Waals surface area contributed by atoms with Gasteiger partial charge < -0.3 is 9.64 Å². The molecule has 0 saturated carbocycles. The molecule has 2 atom stereocenters. The zero-order valence-corrected chi connectivity index (χ0v) is 19.7. The molecule has 0 radical (unpaired) electrons. The minimum absolute atomic E-state index is 0.0327. The number of sulfone groups is 1. The summed E-state index contributed by atoms with van der Waals surface area (Å²) >= 11 is 0. The molecule has 4 rings (SSSR count). The quantitative estimate of drug-likeness (QED) is 0.640. The lowest BCUT2D eigenvalue weighted by atomic mass is 9.89. The van der Waals surface area contributed by atoms with Crippen LogP contribution < -0.4 is 0 Å². The number of aryl methyl sites for hydroxylation is 2. The first kappa shape index (κ1) is 22.7. The molecule has 0 unspecified atom stereocenters. The van der Waals surface area contributed by atoms with E-state index in [1.54, 1.807) is 6.92 Å². The van der Waals surface area contributed by atoms with Crippen LogP contribution in [0.5, 0.6) is 0 Å². The van der Waals surface area contributed by atoms with Gasteiger partial charge in [-0.05, 0) is 70.6 Å². The topological polar surface area (TPSA) is 93.6 Å². The van der Waals surface area contributed by atoms with Crippen LogP contribution >= 0.6 is 0 Å². The highest BCUT2D eigenvalue weighted by Gasteiger charge is 2.36. The van der Waals surface area contributed by atoms with Gasteiger partial charge in [0.1, 0.15) is 0 Å². The molecule has 1 saturated heterocycles. The van der Waals surface area contributed by atoms with Gasteiger partial charge in [-0.25, -0.2) is 13.2 Å². The van der Waals surface area contributed by atoms with Crippen molar-refractivity contribution in [1.82, 2.24) is 9.88 Å². The lowest BCUT2D eigenvalue weighted by molar-refractivity contribution is -0.141. The van der Waals surface area contributed by atoms with Gasteiger partial charge in [0.2, 0.25) is 0 Å². The van der Waals surface area contributed by atoms with E-state index in [2.05, 4.69) is 0 Å². The SMILES string of the molecule is CCN(C(=O)[C@@H](C)OC(=O)c1c2c(nc3ccc(C)cc13)CCCC2)[C@H]1CCS(=O)(=O)C1. The van der Waals surface area contributed by atoms with Crippen LogP contribution in [0, 0.1) is 6.92 Å². The average Bonchev–Trinajstić information content (AvgIpc) is 3.11. The number of hydrogen-bond donors (Lipinski definition) is 0. The molecule has 8 heteroatoms. The molecule has 1 aromatic carbocycles. The van der Waals surface area contributed by atoms with E-state index in [1.807, 2.05) is 32.0 Å². The van der Waals surface area contributed by atoms with Crippen LogP contribution in [0.15, 0.2) is 18.2 Å². The van der Waals surface area contributed by atoms with Crippen LogP contribution in [-0.4, -0.2) is 60.4 Å². The van der Waals surface area contributed by atoms with E-state index in [4.69, 9.17) is 9.72 Å². The number of carbonyl (C=O) groups is 2. The van der Waals surface area contributed by atoms with Crippen molar-refractivity contribution in [2.75, 3.05) is 18.1 Å². The number of esters is 1. The van der Waals surface area contributed by atoms with Crippen molar-refractivity contribution in [3.05, 3.63) is 40.6 Å². The molecular formula is C24H30N2O5S. The Hall–Kier alpha value is -2.48. The summed E-state index contributed by atoms with van der Waals surface area (Å²) in [5.41, 5.74) is 4.15. The molecule has 172 valence electrons. The monoisotopic (exact) mass is 458 g/mol. The first-order valence-corrected chi connectivity index (χ1v) is 13.2. The Labute approximate surface area is 189 Å². The van der Waals surface area contributed by atoms with Crippen LogP contribution in [0.1, 0.15) is 60.3 Å². The molecule has 2 aromatic rings. The first-order chi connectivity index (χ1) is 15.2. The summed E-state index contributed by atoms with van der Waals surface area (Å²) in [6.45, 7) is 5.71. The van der Waals surface area contributed by atoms with Crippen molar-refractivity contribution in [3.8, 4) is 0 Å². The summed E-state index contributed by atoms with van der Waals surface area (Å²) in [6, 6.07) is 5.48. The predicted molar refractivity (Wildman–Crippen MR) is 122 cm³/mol. The summed E-state index contributed by atoms with van der Waals surface area (Å²) in [6.07, 6.45) is 3.03. The summed E-state index contributed by atoms with van der Waals surface area (Å²) in [5, 5.41) is 0.754. The predicted octanol–water partition coefficient (Wildman–Crippen LogP) is 3.00. The lowest BCUT2D eigenvalue weighted by Crippen LogP contribution is -2.46. The fraction of sp³-hybridized carbons (Fsp3) is 0.542. The van der Waals surface area contributed by atoms with Gasteiger partial charge in [-0.3, -0.25) is 9.78 Å². The van der Waals surface area contributed by atoms with Gasteiger partial charge in [-0.15, -0.1) is 0 Å². The number of rotatable bonds is 5. The number of fused-ring (bicyclic) bond motifs is 2. The van der Waals surface area contributed by atoms with Crippen molar-refractivity contribution in [3.63, 3.8) is 0 Å². The summed E-state index contributed by atoms with van der Waals surface area (Å²) < 4.78 is 29.5. The number of hydrogen-bond acceptors (Lipinski definition) is 6. The Morgan fingerprint density at radius 1 is 1.25 bits per heavy atom. The minimum atomic E-state index is -3.12. The Balaban J connectivity index is 1.62. The number of likely N-dealkylation sites (N-methyl/N-ethyl adjacent to an activating group) is 1. The van der Waals surface area contributed by atoms with E-state index in [1.165, 1.54) is 4.90 Å². The largest absolute Gasteiger partial charge is 0.449 e. The maximum Gasteiger partial charge on any atom is 0.339 e. The van der Waals surface area contributed by atoms with Gasteiger partial charge >= 0.3 is 5.97 Å². The zero-order valence-electron chi connectivity index (χ0n) is 18.9. The highest BCUT2D eigenvalue weighted by Crippen LogP contribution is 2.31. The highest BCUT2D eigenvalue weighted by molar-refractivity contribution is 7.91. The number of aromatic nitrogens is 1. The second-order valence-electron chi connectivity index (χ2n) is 8.87. The molecule has 32 heavy (non-hydrogen) atoms. The van der Waals surface area contributed by atoms with Crippen LogP contribution in [0.3, 0.4) is 0 Å². The molecule has 2 heterocycles. The smallest absolute Gasteiger partial charge is 0.339 e. The van der Waals surface area contributed by atoms with Crippen LogP contribution in [0.25, 0.3) is 10.9 Å². The normalized spacial score (nSPS) is 20.5. The summed E-state index contributed by atoms with van der Waals surface area (Å²) in [5.74, 6) is -0.817. The number of carbonyl (C=O) groups excluding carboxylic acids is 2. The van der Waals surface area contributed by atoms with Gasteiger partial charge in [0, 0.05) is 23.7 Å². The van der Waals surface area contributed by atoms with Crippen molar-refractivity contribution in [2.45, 2.75) is 65.0 Å². The van der Waals surface area contributed by atoms with E-state index in [0.717, 1.165) is 53.4 Å². The lowest BCUT2D eigenvalue weighted by Gasteiger charge is -2.29. The van der Waals surface area contributed by atoms with Gasteiger partial charge in [0.15, 0.2) is 15.9 Å². The number of ether oxygens (including phenoxy) is 1. The second-order valence-corrected chi connectivity index (χ2v) is 11.1. The maximum atomic E-state index is 13.4. The zero-order chi connectivity index (χ0) is 23.0. The fourth-order valence-electron chi connectivity index (χ4n) is 4.89. The number of nitrogens with zero attached hydrogens (tertiary/aromatic N) is 2. The molecule has 0 spiro atoms. The molecule has 1 fully saturated rings. The Bertz CT molecular complexity index is 1170. The third-order valence-electron chi connectivity index (χ3n) is 6.53. The van der Waals surface area contributed by atoms with E-state index in [9.17, 15) is 18.0 Å². The van der Waals surface area contributed by atoms with Gasteiger partial charge in [-0.1, -0.05) is 11.6 Å². The van der Waals surface area contributed by atoms with E-state index < -0.39 is 21.9 Å². The third-order valence-corrected chi connectivity index (χ3v) is 8.28. The Morgan fingerprint density at radius 2 is 2.00 bits per heavy atom. The van der Waals surface area contributed by atoms with Crippen molar-refractivity contribution in [1.29, 1.82) is 0 Å². The molecule has 0 N–H and O–H groups in total. The average molecular weight is 459 g/mol. The van der Waals surface area contributed by atoms with Gasteiger partial charge in [0.25, 0.3) is 5.91 Å². The van der Waals surface area contributed by atoms with Gasteiger partial charge in [0.05, 0.1) is 22.6 Å². The van der Waals surface area contributed by atoms with E-state index in [-0.39, 0.29) is 23.5 Å². The standard InChI is InChI=1S/C24H30N2O5S/c1-4-26(17-11-12-32(29,30)14-17)23(27)16(3)31-24(28)22-18-7-5-6-8-20(18)25-21-10-9-15(2)13-19(21)22/h9-10,13,16-17H,4-8,11-12,14H2,1-3H3/t16-,17+/m1/s1. The minimum Gasteiger partial charge on any atom is -0.449 e. The maximum absolute atomic E-state index is 13.4. The molecule has 1 amide bonds. The summed E-state index contributed by atoms with van der Waals surface area (Å²) in [4.78, 5) is 32.8. The van der Waals surface area contributed by atoms with Crippen LogP contribution in [0.4, 0.5) is 0 Å². The molecule has 1 aliphatic carbocycles. The molecule has 1 aliphatic heterocycles. The molecular weight excluding hydrogens is 428 g/mol. The molecule has 7 nitrogen and oxygen atoms in total. The van der Waals surface area contributed by atoms with E-state index in [0.29, 0.717) is 18.5 Å². The Kier molecular flexibility index (Phi) is 6.25. The summed E-state index contributed by atoms with van der Waals surface area (Å²) in [7, 11) is -3.12. The molecule has 0 bridgehead atoms. The first-order valence-electron chi connectivity index (χ1n) is 11.3. The number of amides is 1. The van der Waals surface area contributed by atoms with Crippen molar-refractivity contribution in [2.24, 2.45) is 0 Å². The van der Waals surface area contributed by atoms with Crippen LogP contribution in [-0.2, 0) is 32.2 Å². The highest BCUT2D eigenvalue weighted by atomic mass is 32.2. The number of pyridine rings is 1.